The van der Waals surface area contributed by atoms with Gasteiger partial charge < -0.3 is 13.4 Å². The van der Waals surface area contributed by atoms with Crippen molar-refractivity contribution in [3.05, 3.63) is 170 Å². The lowest BCUT2D eigenvalue weighted by atomic mass is 9.98. The molecule has 0 spiro atoms. The minimum absolute atomic E-state index is 0.665. The van der Waals surface area contributed by atoms with Gasteiger partial charge in [-0.3, -0.25) is 0 Å². The van der Waals surface area contributed by atoms with Gasteiger partial charge in [-0.25, -0.2) is 9.97 Å². The predicted octanol–water partition coefficient (Wildman–Crippen LogP) is 13.1. The molecule has 0 atom stereocenters. The Morgan fingerprint density at radius 3 is 1.98 bits per heavy atom. The Morgan fingerprint density at radius 1 is 0.436 bits per heavy atom. The molecular weight excluding hydrogens is 673 g/mol. The van der Waals surface area contributed by atoms with Crippen molar-refractivity contribution >= 4 is 92.7 Å². The molecule has 0 saturated heterocycles. The van der Waals surface area contributed by atoms with E-state index in [4.69, 9.17) is 14.4 Å². The number of hydrogen-bond acceptors (Lipinski definition) is 3. The second-order valence-corrected chi connectivity index (χ2v) is 14.5. The molecule has 254 valence electrons. The van der Waals surface area contributed by atoms with Crippen molar-refractivity contribution < 1.29 is 4.42 Å². The second kappa shape index (κ2) is 10.6. The molecule has 0 saturated carbocycles. The molecule has 0 unspecified atom stereocenters. The van der Waals surface area contributed by atoms with E-state index in [2.05, 4.69) is 142 Å². The van der Waals surface area contributed by atoms with Crippen molar-refractivity contribution in [3.63, 3.8) is 0 Å². The third-order valence-corrected chi connectivity index (χ3v) is 11.6. The van der Waals surface area contributed by atoms with Crippen LogP contribution in [-0.2, 0) is 0 Å². The molecule has 55 heavy (non-hydrogen) atoms. The van der Waals surface area contributed by atoms with Crippen LogP contribution >= 0.6 is 0 Å². The van der Waals surface area contributed by atoms with Gasteiger partial charge in [-0.15, -0.1) is 0 Å². The smallest absolute Gasteiger partial charge is 0.180 e. The Bertz CT molecular complexity index is 3700. The number of hydrogen-bond donors (Lipinski definition) is 0. The fourth-order valence-electron chi connectivity index (χ4n) is 9.32. The minimum Gasteiger partial charge on any atom is -0.452 e. The van der Waals surface area contributed by atoms with Crippen LogP contribution in [0.5, 0.6) is 0 Å². The van der Waals surface area contributed by atoms with E-state index in [9.17, 15) is 0 Å². The first kappa shape index (κ1) is 29.0. The molecule has 8 aromatic carbocycles. The molecular formula is C50H28N4O. The largest absolute Gasteiger partial charge is 0.452 e. The number of benzene rings is 8. The Morgan fingerprint density at radius 2 is 1.13 bits per heavy atom. The number of aromatic nitrogens is 4. The van der Waals surface area contributed by atoms with Gasteiger partial charge >= 0.3 is 0 Å². The van der Waals surface area contributed by atoms with Gasteiger partial charge in [0.1, 0.15) is 16.8 Å². The summed E-state index contributed by atoms with van der Waals surface area (Å²) in [5, 5.41) is 11.2. The molecule has 0 bridgehead atoms. The van der Waals surface area contributed by atoms with Gasteiger partial charge in [-0.05, 0) is 71.4 Å². The predicted molar refractivity (Wildman–Crippen MR) is 227 cm³/mol. The molecule has 0 radical (unpaired) electrons. The number of furan rings is 1. The average molecular weight is 701 g/mol. The normalized spacial score (nSPS) is 12.4. The van der Waals surface area contributed by atoms with Gasteiger partial charge in [0.15, 0.2) is 11.4 Å². The van der Waals surface area contributed by atoms with E-state index in [1.54, 1.807) is 0 Å². The Hall–Kier alpha value is -7.50. The van der Waals surface area contributed by atoms with Gasteiger partial charge in [0.05, 0.1) is 27.6 Å². The number of fused-ring (bicyclic) bond motifs is 15. The fourth-order valence-corrected chi connectivity index (χ4v) is 9.32. The summed E-state index contributed by atoms with van der Waals surface area (Å²) in [6.07, 6.45) is 0. The zero-order chi connectivity index (χ0) is 35.8. The second-order valence-electron chi connectivity index (χ2n) is 14.5. The van der Waals surface area contributed by atoms with E-state index >= 15 is 0 Å². The van der Waals surface area contributed by atoms with Crippen LogP contribution < -0.4 is 0 Å². The van der Waals surface area contributed by atoms with Gasteiger partial charge in [0.25, 0.3) is 0 Å². The summed E-state index contributed by atoms with van der Waals surface area (Å²) in [6.45, 7) is 0. The van der Waals surface area contributed by atoms with Crippen LogP contribution in [0.1, 0.15) is 0 Å². The summed E-state index contributed by atoms with van der Waals surface area (Å²) < 4.78 is 11.3. The van der Waals surface area contributed by atoms with Crippen molar-refractivity contribution in [2.75, 3.05) is 0 Å². The number of para-hydroxylation sites is 3. The van der Waals surface area contributed by atoms with Gasteiger partial charge in [0, 0.05) is 54.5 Å². The van der Waals surface area contributed by atoms with E-state index in [1.165, 1.54) is 70.7 Å². The van der Waals surface area contributed by atoms with Gasteiger partial charge in [-0.2, -0.15) is 0 Å². The topological polar surface area (TPSA) is 48.3 Å². The molecule has 5 heteroatoms. The first-order valence-corrected chi connectivity index (χ1v) is 18.7. The summed E-state index contributed by atoms with van der Waals surface area (Å²) in [6, 6.07) is 60.5. The SMILES string of the molecule is c1ccc(-c2nc(-c3ccc(-n4c5ccccc5c5c6c7c8ccccc8ccc7n7c8ccccc8c(cc54)c67)cc3)nc3c2oc2ccccc23)cc1. The highest BCUT2D eigenvalue weighted by molar-refractivity contribution is 6.38. The molecule has 0 fully saturated rings. The van der Waals surface area contributed by atoms with Gasteiger partial charge in [0.2, 0.25) is 0 Å². The highest BCUT2D eigenvalue weighted by Crippen LogP contribution is 2.48. The number of rotatable bonds is 3. The highest BCUT2D eigenvalue weighted by Gasteiger charge is 2.25. The zero-order valence-electron chi connectivity index (χ0n) is 29.4. The maximum Gasteiger partial charge on any atom is 0.180 e. The molecule has 0 amide bonds. The summed E-state index contributed by atoms with van der Waals surface area (Å²) in [5.74, 6) is 0.665. The van der Waals surface area contributed by atoms with Gasteiger partial charge in [-0.1, -0.05) is 109 Å². The molecule has 0 aliphatic rings. The Balaban J connectivity index is 1.09. The summed E-state index contributed by atoms with van der Waals surface area (Å²) >= 11 is 0. The quantitative estimate of drug-likeness (QED) is 0.184. The molecule has 5 nitrogen and oxygen atoms in total. The van der Waals surface area contributed by atoms with E-state index in [1.807, 2.05) is 36.4 Å². The maximum absolute atomic E-state index is 6.37. The van der Waals surface area contributed by atoms with E-state index in [0.29, 0.717) is 11.4 Å². The third kappa shape index (κ3) is 3.81. The van der Waals surface area contributed by atoms with Crippen molar-refractivity contribution in [2.45, 2.75) is 0 Å². The molecule has 0 aliphatic carbocycles. The molecule has 5 aromatic heterocycles. The molecule has 0 aliphatic heterocycles. The lowest BCUT2D eigenvalue weighted by Gasteiger charge is -2.10. The van der Waals surface area contributed by atoms with Crippen LogP contribution in [0.25, 0.3) is 121 Å². The molecule has 5 heterocycles. The first-order valence-electron chi connectivity index (χ1n) is 18.7. The van der Waals surface area contributed by atoms with Crippen LogP contribution in [0.2, 0.25) is 0 Å². The highest BCUT2D eigenvalue weighted by atomic mass is 16.3. The van der Waals surface area contributed by atoms with Crippen LogP contribution in [0.3, 0.4) is 0 Å². The van der Waals surface area contributed by atoms with E-state index in [-0.39, 0.29) is 0 Å². The summed E-state index contributed by atoms with van der Waals surface area (Å²) in [5.41, 5.74) is 12.3. The van der Waals surface area contributed by atoms with Crippen molar-refractivity contribution in [3.8, 4) is 28.3 Å². The van der Waals surface area contributed by atoms with Crippen molar-refractivity contribution in [1.29, 1.82) is 0 Å². The van der Waals surface area contributed by atoms with Crippen LogP contribution in [0.4, 0.5) is 0 Å². The lowest BCUT2D eigenvalue weighted by molar-refractivity contribution is 0.667. The maximum atomic E-state index is 6.37. The van der Waals surface area contributed by atoms with Crippen LogP contribution in [0.15, 0.2) is 174 Å². The fraction of sp³-hybridized carbons (Fsp3) is 0. The standard InChI is InChI=1S/C50H28N4O/c1-2-13-30(14-3-1)46-49-47(36-18-8-11-21-42(36)55-49)52-50(51-46)31-22-25-32(26-23-31)53-39-20-10-7-17-35(39)44-41(53)28-37-34-16-6-9-19-38(34)54-40-27-24-29-12-4-5-15-33(29)43(40)45(44)48(37)54/h1-28H. The minimum atomic E-state index is 0.665. The molecule has 0 N–H and O–H groups in total. The van der Waals surface area contributed by atoms with Crippen LogP contribution in [-0.4, -0.2) is 18.9 Å². The zero-order valence-corrected chi connectivity index (χ0v) is 29.4. The average Bonchev–Trinajstić information content (AvgIpc) is 3.99. The van der Waals surface area contributed by atoms with E-state index in [0.717, 1.165) is 39.0 Å². The monoisotopic (exact) mass is 700 g/mol. The third-order valence-electron chi connectivity index (χ3n) is 11.6. The molecule has 13 aromatic rings. The lowest BCUT2D eigenvalue weighted by Crippen LogP contribution is -1.96. The molecule has 13 rings (SSSR count). The Kier molecular flexibility index (Phi) is 5.57. The first-order chi connectivity index (χ1) is 27.3. The van der Waals surface area contributed by atoms with Crippen molar-refractivity contribution in [1.82, 2.24) is 18.9 Å². The van der Waals surface area contributed by atoms with E-state index < -0.39 is 0 Å². The Labute approximate surface area is 313 Å². The van der Waals surface area contributed by atoms with Crippen molar-refractivity contribution in [2.24, 2.45) is 0 Å². The van der Waals surface area contributed by atoms with Crippen LogP contribution in [0, 0.1) is 0 Å². The summed E-state index contributed by atoms with van der Waals surface area (Å²) in [4.78, 5) is 10.3. The summed E-state index contributed by atoms with van der Waals surface area (Å²) in [7, 11) is 0. The number of nitrogens with zero attached hydrogens (tertiary/aromatic N) is 4.